The first-order chi connectivity index (χ1) is 22.3. The number of allylic oxidation sites excluding steroid dienone is 1. The molecule has 3 amide bonds. The van der Waals surface area contributed by atoms with Crippen molar-refractivity contribution in [2.75, 3.05) is 13.7 Å². The van der Waals surface area contributed by atoms with E-state index in [9.17, 15) is 24.0 Å². The summed E-state index contributed by atoms with van der Waals surface area (Å²) in [4.78, 5) is 65.5. The Morgan fingerprint density at radius 2 is 1.62 bits per heavy atom. The lowest BCUT2D eigenvalue weighted by Crippen LogP contribution is -2.56. The molecule has 2 heterocycles. The second kappa shape index (κ2) is 15.3. The van der Waals surface area contributed by atoms with E-state index in [0.717, 1.165) is 21.9 Å². The van der Waals surface area contributed by atoms with E-state index in [-0.39, 0.29) is 19.3 Å². The molecule has 252 valence electrons. The second-order valence-corrected chi connectivity index (χ2v) is 12.8. The molecular weight excluding hydrogens is 602 g/mol. The number of carbonyl (C=O) groups excluding carboxylic acids is 5. The first-order valence-electron chi connectivity index (χ1n) is 15.9. The Kier molecular flexibility index (Phi) is 11.4. The number of hydrogen-bond donors (Lipinski definition) is 4. The molecule has 47 heavy (non-hydrogen) atoms. The highest BCUT2D eigenvalue weighted by molar-refractivity contribution is 6.13. The van der Waals surface area contributed by atoms with Crippen LogP contribution >= 0.6 is 0 Å². The van der Waals surface area contributed by atoms with Gasteiger partial charge in [0, 0.05) is 24.1 Å². The van der Waals surface area contributed by atoms with Gasteiger partial charge < -0.3 is 31.2 Å². The zero-order valence-corrected chi connectivity index (χ0v) is 27.7. The van der Waals surface area contributed by atoms with Crippen molar-refractivity contribution in [2.45, 2.75) is 89.9 Å². The highest BCUT2D eigenvalue weighted by Crippen LogP contribution is 2.32. The minimum Gasteiger partial charge on any atom is -0.467 e. The molecule has 3 aromatic rings. The average molecular weight is 648 g/mol. The average Bonchev–Trinajstić information content (AvgIpc) is 3.33. The summed E-state index contributed by atoms with van der Waals surface area (Å²) in [5, 5.41) is 9.84. The van der Waals surface area contributed by atoms with E-state index in [1.807, 2.05) is 57.2 Å². The lowest BCUT2D eigenvalue weighted by molar-refractivity contribution is -0.145. The largest absolute Gasteiger partial charge is 0.467 e. The number of amides is 3. The summed E-state index contributed by atoms with van der Waals surface area (Å²) < 4.78 is 12.2. The van der Waals surface area contributed by atoms with Crippen molar-refractivity contribution in [1.82, 2.24) is 20.5 Å². The first-order valence-corrected chi connectivity index (χ1v) is 15.9. The molecule has 0 radical (unpaired) electrons. The van der Waals surface area contributed by atoms with Crippen molar-refractivity contribution >= 4 is 51.6 Å². The minimum absolute atomic E-state index is 0.116. The first kappa shape index (κ1) is 35.1. The number of unbranched alkanes of at least 4 members (excludes halogenated alkanes) is 1. The highest BCUT2D eigenvalue weighted by atomic mass is 16.6. The number of benzene rings is 2. The number of esters is 1. The minimum atomic E-state index is -1.01. The summed E-state index contributed by atoms with van der Waals surface area (Å²) >= 11 is 0. The van der Waals surface area contributed by atoms with E-state index in [0.29, 0.717) is 36.8 Å². The van der Waals surface area contributed by atoms with Gasteiger partial charge in [0.25, 0.3) is 0 Å². The summed E-state index contributed by atoms with van der Waals surface area (Å²) in [5.41, 5.74) is 7.95. The zero-order valence-electron chi connectivity index (χ0n) is 27.7. The number of nitrogens with zero attached hydrogens (tertiary/aromatic N) is 1. The van der Waals surface area contributed by atoms with Crippen LogP contribution in [0.15, 0.2) is 48.6 Å². The molecule has 0 spiro atoms. The number of aromatic nitrogens is 1. The predicted molar refractivity (Wildman–Crippen MR) is 179 cm³/mol. The molecule has 3 atom stereocenters. The maximum absolute atomic E-state index is 13.7. The van der Waals surface area contributed by atoms with Gasteiger partial charge >= 0.3 is 12.1 Å². The zero-order chi connectivity index (χ0) is 34.3. The van der Waals surface area contributed by atoms with E-state index in [4.69, 9.17) is 15.2 Å². The van der Waals surface area contributed by atoms with Gasteiger partial charge in [-0.2, -0.15) is 0 Å². The molecule has 1 unspecified atom stereocenters. The number of fused-ring (bicyclic) bond motifs is 2. The molecule has 12 nitrogen and oxygen atoms in total. The summed E-state index contributed by atoms with van der Waals surface area (Å²) in [5.74, 6) is -2.13. The van der Waals surface area contributed by atoms with Crippen LogP contribution in [0.1, 0.15) is 64.5 Å². The third kappa shape index (κ3) is 8.97. The van der Waals surface area contributed by atoms with Crippen molar-refractivity contribution < 1.29 is 33.4 Å². The second-order valence-electron chi connectivity index (χ2n) is 12.8. The predicted octanol–water partition coefficient (Wildman–Crippen LogP) is 3.40. The Hall–Kier alpha value is -4.71. The Balaban J connectivity index is 1.84. The molecule has 0 aliphatic carbocycles. The maximum atomic E-state index is 13.7. The molecule has 1 aromatic heterocycles. The van der Waals surface area contributed by atoms with Gasteiger partial charge in [-0.15, -0.1) is 0 Å². The van der Waals surface area contributed by atoms with Crippen LogP contribution in [0, 0.1) is 0 Å². The van der Waals surface area contributed by atoms with Gasteiger partial charge in [0.1, 0.15) is 23.7 Å². The molecule has 1 aliphatic rings. The van der Waals surface area contributed by atoms with Crippen LogP contribution in [-0.2, 0) is 41.5 Å². The number of rotatable bonds is 6. The Labute approximate surface area is 274 Å². The summed E-state index contributed by atoms with van der Waals surface area (Å²) in [6.45, 7) is 7.16. The van der Waals surface area contributed by atoms with Gasteiger partial charge in [0.05, 0.1) is 18.1 Å². The quantitative estimate of drug-likeness (QED) is 0.179. The van der Waals surface area contributed by atoms with Crippen LogP contribution in [0.3, 0.4) is 0 Å². The summed E-state index contributed by atoms with van der Waals surface area (Å²) in [6.07, 6.45) is 5.47. The van der Waals surface area contributed by atoms with Gasteiger partial charge in [-0.25, -0.2) is 14.2 Å². The molecule has 0 saturated carbocycles. The Morgan fingerprint density at radius 3 is 2.23 bits per heavy atom. The summed E-state index contributed by atoms with van der Waals surface area (Å²) in [6, 6.07) is 8.35. The number of nitrogens with two attached hydrogens (primary N) is 1. The van der Waals surface area contributed by atoms with Gasteiger partial charge in [-0.3, -0.25) is 14.4 Å². The summed E-state index contributed by atoms with van der Waals surface area (Å²) in [7, 11) is 1.25. The van der Waals surface area contributed by atoms with E-state index >= 15 is 0 Å². The standard InChI is InChI=1S/C35H45N5O7/c1-21(41)37-28-20-23-14-16-30-25(19-23)24-18-22(13-15-29(24)40(30)34(45)47-35(2,3)4)10-6-7-12-27(33(44)46-5)39-31(42)26(38-32(28)43)11-8-9-17-36/h6-7,13-16,18-19,26-28H,8-12,17,20,36H2,1-5H3,(H,37,41)(H,38,43)(H,39,42)/b7-6+/t26-,27-,28?/m0/s1. The molecule has 0 fully saturated rings. The highest BCUT2D eigenvalue weighted by Gasteiger charge is 2.30. The number of carbonyl (C=O) groups is 5. The molecule has 5 N–H and O–H groups in total. The van der Waals surface area contributed by atoms with Crippen LogP contribution in [0.5, 0.6) is 0 Å². The molecule has 4 rings (SSSR count). The Morgan fingerprint density at radius 1 is 0.957 bits per heavy atom. The van der Waals surface area contributed by atoms with Crippen molar-refractivity contribution in [3.05, 3.63) is 59.7 Å². The van der Waals surface area contributed by atoms with Crippen LogP contribution in [0.2, 0.25) is 0 Å². The van der Waals surface area contributed by atoms with Crippen molar-refractivity contribution in [3.8, 4) is 0 Å². The van der Waals surface area contributed by atoms with Crippen LogP contribution in [0.25, 0.3) is 21.8 Å². The van der Waals surface area contributed by atoms with E-state index < -0.39 is 53.5 Å². The molecule has 0 saturated heterocycles. The van der Waals surface area contributed by atoms with E-state index in [1.165, 1.54) is 14.0 Å². The fraction of sp³-hybridized carbons (Fsp3) is 0.457. The van der Waals surface area contributed by atoms with E-state index in [2.05, 4.69) is 16.0 Å². The lowest BCUT2D eigenvalue weighted by Gasteiger charge is -2.25. The third-order valence-electron chi connectivity index (χ3n) is 7.88. The number of hydrogen-bond acceptors (Lipinski definition) is 8. The molecule has 2 aromatic carbocycles. The molecular formula is C35H45N5O7. The lowest BCUT2D eigenvalue weighted by atomic mass is 10.00. The van der Waals surface area contributed by atoms with Gasteiger partial charge in [0.2, 0.25) is 17.7 Å². The normalized spacial score (nSPS) is 20.0. The third-order valence-corrected chi connectivity index (χ3v) is 7.88. The fourth-order valence-electron chi connectivity index (χ4n) is 5.68. The van der Waals surface area contributed by atoms with Crippen LogP contribution in [0.4, 0.5) is 4.79 Å². The Bertz CT molecular complexity index is 1690. The van der Waals surface area contributed by atoms with Crippen molar-refractivity contribution in [3.63, 3.8) is 0 Å². The molecule has 4 bridgehead atoms. The number of ether oxygens (including phenoxy) is 2. The van der Waals surface area contributed by atoms with Crippen molar-refractivity contribution in [2.24, 2.45) is 5.73 Å². The van der Waals surface area contributed by atoms with E-state index in [1.54, 1.807) is 16.7 Å². The fourth-order valence-corrected chi connectivity index (χ4v) is 5.68. The van der Waals surface area contributed by atoms with Crippen molar-refractivity contribution in [1.29, 1.82) is 0 Å². The smallest absolute Gasteiger partial charge is 0.419 e. The van der Waals surface area contributed by atoms with Crippen LogP contribution < -0.4 is 21.7 Å². The van der Waals surface area contributed by atoms with Gasteiger partial charge in [0.15, 0.2) is 0 Å². The molecule has 12 heteroatoms. The molecule has 1 aliphatic heterocycles. The monoisotopic (exact) mass is 647 g/mol. The van der Waals surface area contributed by atoms with Gasteiger partial charge in [-0.1, -0.05) is 24.3 Å². The van der Waals surface area contributed by atoms with Gasteiger partial charge in [-0.05, 0) is 94.8 Å². The maximum Gasteiger partial charge on any atom is 0.419 e. The SMILES string of the molecule is COC(=O)[C@@H]1C/C=C/Cc2ccc3c(c2)c2cc(ccc2n3C(=O)OC(C)(C)C)CC(NC(C)=O)C(=O)N[C@@H](CCCCN)C(=O)N1. The van der Waals surface area contributed by atoms with Crippen LogP contribution in [-0.4, -0.2) is 71.7 Å². The number of nitrogens with one attached hydrogen (secondary N) is 3. The topological polar surface area (TPSA) is 171 Å². The number of methoxy groups -OCH3 is 1.